The van der Waals surface area contributed by atoms with E-state index < -0.39 is 5.91 Å². The van der Waals surface area contributed by atoms with Gasteiger partial charge in [0.1, 0.15) is 19.0 Å². The maximum absolute atomic E-state index is 11.7. The molecular weight excluding hydrogens is 304 g/mol. The molecule has 5 heteroatoms. The molecule has 0 heterocycles. The van der Waals surface area contributed by atoms with Gasteiger partial charge in [-0.2, -0.15) is 0 Å². The Balaban J connectivity index is 2.28. The van der Waals surface area contributed by atoms with Crippen LogP contribution in [0.25, 0.3) is 0 Å². The van der Waals surface area contributed by atoms with E-state index in [2.05, 4.69) is 5.16 Å². The van der Waals surface area contributed by atoms with Gasteiger partial charge in [0.25, 0.3) is 5.91 Å². The molecule has 5 nitrogen and oxygen atoms in total. The van der Waals surface area contributed by atoms with Crippen LogP contribution in [0.3, 0.4) is 0 Å². The molecule has 0 radical (unpaired) electrons. The van der Waals surface area contributed by atoms with Crippen LogP contribution in [-0.2, 0) is 16.2 Å². The van der Waals surface area contributed by atoms with E-state index in [9.17, 15) is 4.79 Å². The van der Waals surface area contributed by atoms with E-state index in [-0.39, 0.29) is 5.71 Å². The maximum atomic E-state index is 11.7. The van der Waals surface area contributed by atoms with Crippen molar-refractivity contribution in [2.24, 2.45) is 10.9 Å². The van der Waals surface area contributed by atoms with E-state index in [1.807, 2.05) is 50.2 Å². The zero-order chi connectivity index (χ0) is 17.5. The molecule has 0 aliphatic carbocycles. The van der Waals surface area contributed by atoms with Crippen molar-refractivity contribution < 1.29 is 14.4 Å². The van der Waals surface area contributed by atoms with Crippen molar-refractivity contribution in [1.82, 2.24) is 0 Å². The van der Waals surface area contributed by atoms with E-state index in [4.69, 9.17) is 15.3 Å². The number of carbonyl (C=O) groups is 1. The van der Waals surface area contributed by atoms with E-state index in [0.717, 1.165) is 22.4 Å². The highest BCUT2D eigenvalue weighted by molar-refractivity contribution is 6.45. The molecular formula is C19H22N2O3. The van der Waals surface area contributed by atoms with Crippen LogP contribution in [-0.4, -0.2) is 18.2 Å². The van der Waals surface area contributed by atoms with Gasteiger partial charge in [0.15, 0.2) is 5.71 Å². The summed E-state index contributed by atoms with van der Waals surface area (Å²) in [6, 6.07) is 13.4. The number of nitrogens with zero attached hydrogens (tertiary/aromatic N) is 1. The van der Waals surface area contributed by atoms with E-state index in [1.54, 1.807) is 13.0 Å². The lowest BCUT2D eigenvalue weighted by Crippen LogP contribution is -2.26. The number of ether oxygens (including phenoxy) is 1. The van der Waals surface area contributed by atoms with Crippen LogP contribution in [0.2, 0.25) is 0 Å². The average molecular weight is 326 g/mol. The second kappa shape index (κ2) is 8.15. The zero-order valence-electron chi connectivity index (χ0n) is 14.2. The summed E-state index contributed by atoms with van der Waals surface area (Å²) in [5.74, 6) is 0.176. The van der Waals surface area contributed by atoms with Crippen LogP contribution in [0.15, 0.2) is 47.6 Å². The first-order valence-electron chi connectivity index (χ1n) is 7.81. The predicted octanol–water partition coefficient (Wildman–Crippen LogP) is 3.11. The van der Waals surface area contributed by atoms with Gasteiger partial charge in [-0.05, 0) is 43.5 Å². The third kappa shape index (κ3) is 4.35. The molecule has 2 N–H and O–H groups in total. The van der Waals surface area contributed by atoms with Crippen molar-refractivity contribution in [1.29, 1.82) is 0 Å². The molecule has 0 fully saturated rings. The Bertz CT molecular complexity index is 754. The minimum absolute atomic E-state index is 0.0945. The van der Waals surface area contributed by atoms with Gasteiger partial charge in [-0.15, -0.1) is 0 Å². The van der Waals surface area contributed by atoms with Crippen molar-refractivity contribution in [2.45, 2.75) is 27.4 Å². The number of rotatable bonds is 7. The summed E-state index contributed by atoms with van der Waals surface area (Å²) in [4.78, 5) is 16.7. The Labute approximate surface area is 142 Å². The smallest absolute Gasteiger partial charge is 0.271 e. The minimum atomic E-state index is -0.636. The van der Waals surface area contributed by atoms with Gasteiger partial charge in [-0.3, -0.25) is 4.79 Å². The van der Waals surface area contributed by atoms with Gasteiger partial charge < -0.3 is 15.3 Å². The maximum Gasteiger partial charge on any atom is 0.271 e. The minimum Gasteiger partial charge on any atom is -0.489 e. The highest BCUT2D eigenvalue weighted by Crippen LogP contribution is 2.21. The summed E-state index contributed by atoms with van der Waals surface area (Å²) in [5.41, 5.74) is 9.14. The molecule has 0 bridgehead atoms. The topological polar surface area (TPSA) is 73.9 Å². The van der Waals surface area contributed by atoms with Gasteiger partial charge >= 0.3 is 0 Å². The fraction of sp³-hybridized carbons (Fsp3) is 0.263. The molecule has 0 atom stereocenters. The number of carbonyl (C=O) groups excluding carboxylic acids is 1. The molecule has 24 heavy (non-hydrogen) atoms. The van der Waals surface area contributed by atoms with E-state index >= 15 is 0 Å². The summed E-state index contributed by atoms with van der Waals surface area (Å²) in [6.07, 6.45) is 0. The van der Waals surface area contributed by atoms with Crippen LogP contribution in [0, 0.1) is 13.8 Å². The second-order valence-electron chi connectivity index (χ2n) is 5.44. The summed E-state index contributed by atoms with van der Waals surface area (Å²) in [6.45, 7) is 6.46. The number of nitrogens with two attached hydrogens (primary N) is 1. The largest absolute Gasteiger partial charge is 0.489 e. The van der Waals surface area contributed by atoms with Crippen LogP contribution >= 0.6 is 0 Å². The molecule has 0 saturated carbocycles. The fourth-order valence-corrected chi connectivity index (χ4v) is 2.25. The third-order valence-corrected chi connectivity index (χ3v) is 3.52. The van der Waals surface area contributed by atoms with E-state index in [0.29, 0.717) is 18.8 Å². The number of primary amides is 1. The van der Waals surface area contributed by atoms with Gasteiger partial charge in [0.2, 0.25) is 0 Å². The molecule has 2 aromatic carbocycles. The van der Waals surface area contributed by atoms with Crippen molar-refractivity contribution >= 4 is 11.6 Å². The number of oxime groups is 1. The lowest BCUT2D eigenvalue weighted by atomic mass is 10.0. The zero-order valence-corrected chi connectivity index (χ0v) is 14.2. The Hall–Kier alpha value is -2.82. The summed E-state index contributed by atoms with van der Waals surface area (Å²) in [7, 11) is 0. The molecule has 0 aromatic heterocycles. The van der Waals surface area contributed by atoms with Crippen LogP contribution in [0.4, 0.5) is 0 Å². The molecule has 1 amide bonds. The molecule has 0 spiro atoms. The quantitative estimate of drug-likeness (QED) is 0.627. The molecule has 2 aromatic rings. The van der Waals surface area contributed by atoms with Crippen molar-refractivity contribution in [3.8, 4) is 5.75 Å². The second-order valence-corrected chi connectivity index (χ2v) is 5.44. The van der Waals surface area contributed by atoms with Gasteiger partial charge in [0, 0.05) is 5.56 Å². The first-order valence-corrected chi connectivity index (χ1v) is 7.81. The fourth-order valence-electron chi connectivity index (χ4n) is 2.25. The first kappa shape index (κ1) is 17.5. The molecule has 126 valence electrons. The summed E-state index contributed by atoms with van der Waals surface area (Å²) < 4.78 is 5.93. The number of benzene rings is 2. The van der Waals surface area contributed by atoms with E-state index in [1.165, 1.54) is 0 Å². The lowest BCUT2D eigenvalue weighted by molar-refractivity contribution is -0.112. The highest BCUT2D eigenvalue weighted by Gasteiger charge is 2.16. The SMILES string of the molecule is CCO/N=C(\C(N)=O)c1ccccc1COc1cc(C)ccc1C. The van der Waals surface area contributed by atoms with Gasteiger partial charge in [-0.25, -0.2) is 0 Å². The highest BCUT2D eigenvalue weighted by atomic mass is 16.6. The molecule has 0 saturated heterocycles. The third-order valence-electron chi connectivity index (χ3n) is 3.52. The molecule has 2 rings (SSSR count). The van der Waals surface area contributed by atoms with Crippen molar-refractivity contribution in [3.63, 3.8) is 0 Å². The Morgan fingerprint density at radius 2 is 1.92 bits per heavy atom. The number of amides is 1. The number of hydrogen-bond acceptors (Lipinski definition) is 4. The predicted molar refractivity (Wildman–Crippen MR) is 94.0 cm³/mol. The van der Waals surface area contributed by atoms with Gasteiger partial charge in [0.05, 0.1) is 0 Å². The van der Waals surface area contributed by atoms with Crippen LogP contribution in [0.5, 0.6) is 5.75 Å². The summed E-state index contributed by atoms with van der Waals surface area (Å²) in [5, 5.41) is 3.85. The normalized spacial score (nSPS) is 11.2. The average Bonchev–Trinajstić information content (AvgIpc) is 2.56. The van der Waals surface area contributed by atoms with Gasteiger partial charge in [-0.1, -0.05) is 41.6 Å². The number of hydrogen-bond donors (Lipinski definition) is 1. The monoisotopic (exact) mass is 326 g/mol. The first-order chi connectivity index (χ1) is 11.5. The Morgan fingerprint density at radius 1 is 1.17 bits per heavy atom. The number of aryl methyl sites for hydroxylation is 2. The molecule has 0 aliphatic rings. The Kier molecular flexibility index (Phi) is 5.95. The summed E-state index contributed by atoms with van der Waals surface area (Å²) >= 11 is 0. The standard InChI is InChI=1S/C19H22N2O3/c1-4-24-21-18(19(20)22)16-8-6-5-7-15(16)12-23-17-11-13(2)9-10-14(17)3/h5-11H,4,12H2,1-3H3,(H2,20,22)/b21-18-. The lowest BCUT2D eigenvalue weighted by Gasteiger charge is -2.13. The molecule has 0 aliphatic heterocycles. The van der Waals surface area contributed by atoms with Crippen molar-refractivity contribution in [2.75, 3.05) is 6.61 Å². The Morgan fingerprint density at radius 3 is 2.62 bits per heavy atom. The van der Waals surface area contributed by atoms with Crippen LogP contribution < -0.4 is 10.5 Å². The van der Waals surface area contributed by atoms with Crippen LogP contribution in [0.1, 0.15) is 29.2 Å². The molecule has 0 unspecified atom stereocenters. The van der Waals surface area contributed by atoms with Crippen molar-refractivity contribution in [3.05, 3.63) is 64.7 Å².